The van der Waals surface area contributed by atoms with E-state index in [1.165, 1.54) is 0 Å². The summed E-state index contributed by atoms with van der Waals surface area (Å²) in [5.74, 6) is 0.303. The van der Waals surface area contributed by atoms with Gasteiger partial charge in [0.05, 0.1) is 12.1 Å². The quantitative estimate of drug-likeness (QED) is 0.795. The van der Waals surface area contributed by atoms with Crippen molar-refractivity contribution >= 4 is 5.91 Å². The second-order valence-electron chi connectivity index (χ2n) is 4.81. The van der Waals surface area contributed by atoms with Gasteiger partial charge in [-0.25, -0.2) is 0 Å². The van der Waals surface area contributed by atoms with Crippen molar-refractivity contribution in [3.05, 3.63) is 24.0 Å². The summed E-state index contributed by atoms with van der Waals surface area (Å²) in [5.41, 5.74) is 0.154. The van der Waals surface area contributed by atoms with Gasteiger partial charge in [-0.1, -0.05) is 0 Å². The van der Waals surface area contributed by atoms with Crippen LogP contribution in [-0.4, -0.2) is 27.7 Å². The van der Waals surface area contributed by atoms with Gasteiger partial charge in [-0.05, 0) is 37.8 Å². The van der Waals surface area contributed by atoms with Crippen molar-refractivity contribution in [1.29, 1.82) is 0 Å². The van der Waals surface area contributed by atoms with Crippen LogP contribution in [0.3, 0.4) is 0 Å². The minimum absolute atomic E-state index is 0.00612. The minimum Gasteiger partial charge on any atom is -0.394 e. The highest BCUT2D eigenvalue weighted by Crippen LogP contribution is 2.39. The minimum atomic E-state index is -0.471. The van der Waals surface area contributed by atoms with Gasteiger partial charge in [0.2, 0.25) is 0 Å². The van der Waals surface area contributed by atoms with E-state index >= 15 is 0 Å². The van der Waals surface area contributed by atoms with Crippen LogP contribution in [0.1, 0.15) is 30.3 Å². The molecular weight excluding hydrogens is 204 g/mol. The number of amides is 1. The van der Waals surface area contributed by atoms with Gasteiger partial charge in [-0.2, -0.15) is 0 Å². The second-order valence-corrected chi connectivity index (χ2v) is 4.81. The summed E-state index contributed by atoms with van der Waals surface area (Å²) in [6.45, 7) is 1.90. The van der Waals surface area contributed by atoms with Crippen LogP contribution in [0.5, 0.6) is 0 Å². The molecule has 2 N–H and O–H groups in total. The van der Waals surface area contributed by atoms with E-state index in [-0.39, 0.29) is 12.5 Å². The zero-order chi connectivity index (χ0) is 11.8. The van der Waals surface area contributed by atoms with Gasteiger partial charge >= 0.3 is 0 Å². The van der Waals surface area contributed by atoms with Crippen LogP contribution in [0.2, 0.25) is 0 Å². The number of carbonyl (C=O) groups is 1. The number of hydrogen-bond donors (Lipinski definition) is 2. The molecule has 1 fully saturated rings. The van der Waals surface area contributed by atoms with Gasteiger partial charge in [-0.3, -0.25) is 4.79 Å². The number of rotatable bonds is 4. The summed E-state index contributed by atoms with van der Waals surface area (Å²) < 4.78 is 1.78. The molecule has 0 aliphatic heterocycles. The molecule has 0 spiro atoms. The van der Waals surface area contributed by atoms with Gasteiger partial charge in [0, 0.05) is 13.2 Å². The average molecular weight is 222 g/mol. The molecule has 1 saturated carbocycles. The molecule has 16 heavy (non-hydrogen) atoms. The SMILES string of the molecule is Cn1cccc1C(=O)NC(C)(CO)C1CC1. The molecule has 1 heterocycles. The number of nitrogens with zero attached hydrogens (tertiary/aromatic N) is 1. The first kappa shape index (κ1) is 11.2. The number of aliphatic hydroxyl groups is 1. The maximum Gasteiger partial charge on any atom is 0.268 e. The molecule has 0 aromatic carbocycles. The number of aromatic nitrogens is 1. The van der Waals surface area contributed by atoms with Crippen LogP contribution in [0, 0.1) is 5.92 Å². The van der Waals surface area contributed by atoms with E-state index in [9.17, 15) is 9.90 Å². The van der Waals surface area contributed by atoms with E-state index < -0.39 is 5.54 Å². The number of aryl methyl sites for hydroxylation is 1. The van der Waals surface area contributed by atoms with Gasteiger partial charge in [0.1, 0.15) is 5.69 Å². The molecule has 88 valence electrons. The Balaban J connectivity index is 2.09. The Kier molecular flexibility index (Phi) is 2.76. The first-order chi connectivity index (χ1) is 7.57. The Morgan fingerprint density at radius 3 is 2.81 bits per heavy atom. The maximum atomic E-state index is 12.0. The molecule has 1 amide bonds. The normalized spacial score (nSPS) is 19.2. The van der Waals surface area contributed by atoms with Gasteiger partial charge < -0.3 is 15.0 Å². The Hall–Kier alpha value is -1.29. The Bertz CT molecular complexity index is 395. The molecule has 1 aliphatic carbocycles. The van der Waals surface area contributed by atoms with Crippen molar-refractivity contribution in [1.82, 2.24) is 9.88 Å². The van der Waals surface area contributed by atoms with Crippen molar-refractivity contribution in [3.8, 4) is 0 Å². The molecule has 1 aromatic heterocycles. The third-order valence-electron chi connectivity index (χ3n) is 3.38. The highest BCUT2D eigenvalue weighted by molar-refractivity contribution is 5.93. The van der Waals surface area contributed by atoms with Crippen LogP contribution in [0.15, 0.2) is 18.3 Å². The fourth-order valence-electron chi connectivity index (χ4n) is 2.01. The van der Waals surface area contributed by atoms with E-state index in [1.54, 1.807) is 10.6 Å². The topological polar surface area (TPSA) is 54.3 Å². The predicted molar refractivity (Wildman–Crippen MR) is 61.1 cm³/mol. The lowest BCUT2D eigenvalue weighted by Gasteiger charge is -2.28. The standard InChI is InChI=1S/C12H18N2O2/c1-12(8-15,9-5-6-9)13-11(16)10-4-3-7-14(10)2/h3-4,7,9,15H,5-6,8H2,1-2H3,(H,13,16). The van der Waals surface area contributed by atoms with E-state index in [0.717, 1.165) is 12.8 Å². The second kappa shape index (κ2) is 3.94. The Morgan fingerprint density at radius 1 is 1.69 bits per heavy atom. The fraction of sp³-hybridized carbons (Fsp3) is 0.583. The molecule has 4 heteroatoms. The lowest BCUT2D eigenvalue weighted by Crippen LogP contribution is -2.51. The van der Waals surface area contributed by atoms with E-state index in [4.69, 9.17) is 0 Å². The van der Waals surface area contributed by atoms with Crippen molar-refractivity contribution in [2.75, 3.05) is 6.61 Å². The molecule has 1 aromatic rings. The van der Waals surface area contributed by atoms with Crippen LogP contribution < -0.4 is 5.32 Å². The van der Waals surface area contributed by atoms with Gasteiger partial charge in [0.15, 0.2) is 0 Å². The Morgan fingerprint density at radius 2 is 2.38 bits per heavy atom. The summed E-state index contributed by atoms with van der Waals surface area (Å²) in [5, 5.41) is 12.3. The summed E-state index contributed by atoms with van der Waals surface area (Å²) >= 11 is 0. The van der Waals surface area contributed by atoms with E-state index in [2.05, 4.69) is 5.32 Å². The smallest absolute Gasteiger partial charge is 0.268 e. The van der Waals surface area contributed by atoms with Crippen molar-refractivity contribution in [2.24, 2.45) is 13.0 Å². The summed E-state index contributed by atoms with van der Waals surface area (Å²) in [6.07, 6.45) is 4.01. The number of aliphatic hydroxyl groups excluding tert-OH is 1. The zero-order valence-electron chi connectivity index (χ0n) is 9.73. The first-order valence-corrected chi connectivity index (χ1v) is 5.61. The zero-order valence-corrected chi connectivity index (χ0v) is 9.73. The lowest BCUT2D eigenvalue weighted by atomic mass is 9.97. The molecule has 2 rings (SSSR count). The molecular formula is C12H18N2O2. The monoisotopic (exact) mass is 222 g/mol. The maximum absolute atomic E-state index is 12.0. The fourth-order valence-corrected chi connectivity index (χ4v) is 2.01. The predicted octanol–water partition coefficient (Wildman–Crippen LogP) is 0.916. The van der Waals surface area contributed by atoms with Gasteiger partial charge in [-0.15, -0.1) is 0 Å². The molecule has 0 saturated heterocycles. The molecule has 0 radical (unpaired) electrons. The highest BCUT2D eigenvalue weighted by Gasteiger charge is 2.42. The summed E-state index contributed by atoms with van der Waals surface area (Å²) in [6, 6.07) is 3.61. The molecule has 4 nitrogen and oxygen atoms in total. The van der Waals surface area contributed by atoms with Crippen molar-refractivity contribution in [2.45, 2.75) is 25.3 Å². The number of hydrogen-bond acceptors (Lipinski definition) is 2. The Labute approximate surface area is 95.3 Å². The van der Waals surface area contributed by atoms with Gasteiger partial charge in [0.25, 0.3) is 5.91 Å². The molecule has 1 aliphatic rings. The van der Waals surface area contributed by atoms with E-state index in [1.807, 2.05) is 26.2 Å². The van der Waals surface area contributed by atoms with Crippen molar-refractivity contribution in [3.63, 3.8) is 0 Å². The third-order valence-corrected chi connectivity index (χ3v) is 3.38. The summed E-state index contributed by atoms with van der Waals surface area (Å²) in [7, 11) is 1.84. The first-order valence-electron chi connectivity index (χ1n) is 5.61. The van der Waals surface area contributed by atoms with Crippen LogP contribution >= 0.6 is 0 Å². The summed E-state index contributed by atoms with van der Waals surface area (Å²) in [4.78, 5) is 12.0. The number of carbonyl (C=O) groups excluding carboxylic acids is 1. The van der Waals surface area contributed by atoms with Crippen LogP contribution in [0.4, 0.5) is 0 Å². The van der Waals surface area contributed by atoms with Crippen LogP contribution in [0.25, 0.3) is 0 Å². The average Bonchev–Trinajstić information content (AvgIpc) is 3.02. The number of nitrogens with one attached hydrogen (secondary N) is 1. The lowest BCUT2D eigenvalue weighted by molar-refractivity contribution is 0.0816. The molecule has 1 unspecified atom stereocenters. The third kappa shape index (κ3) is 1.97. The molecule has 1 atom stereocenters. The largest absolute Gasteiger partial charge is 0.394 e. The highest BCUT2D eigenvalue weighted by atomic mass is 16.3. The van der Waals surface area contributed by atoms with Crippen LogP contribution in [-0.2, 0) is 7.05 Å². The molecule has 0 bridgehead atoms. The van der Waals surface area contributed by atoms with E-state index in [0.29, 0.717) is 11.6 Å². The van der Waals surface area contributed by atoms with Crippen molar-refractivity contribution < 1.29 is 9.90 Å².